The second kappa shape index (κ2) is 3.95. The highest BCUT2D eigenvalue weighted by atomic mass is 16.1. The highest BCUT2D eigenvalue weighted by Gasteiger charge is 2.10. The van der Waals surface area contributed by atoms with Crippen molar-refractivity contribution in [1.82, 2.24) is 9.78 Å². The van der Waals surface area contributed by atoms with Crippen LogP contribution in [0.2, 0.25) is 0 Å². The second-order valence-electron chi connectivity index (χ2n) is 4.86. The molecular formula is C11H18N2O. The smallest absolute Gasteiger partial charge is 0.162 e. The van der Waals surface area contributed by atoms with Crippen LogP contribution in [0.1, 0.15) is 44.5 Å². The summed E-state index contributed by atoms with van der Waals surface area (Å²) < 4.78 is 1.84. The Morgan fingerprint density at radius 2 is 2.14 bits per heavy atom. The van der Waals surface area contributed by atoms with Crippen molar-refractivity contribution in [2.75, 3.05) is 0 Å². The first-order valence-electron chi connectivity index (χ1n) is 4.92. The number of hydrogen-bond donors (Lipinski definition) is 0. The van der Waals surface area contributed by atoms with Gasteiger partial charge >= 0.3 is 0 Å². The highest BCUT2D eigenvalue weighted by molar-refractivity contribution is 5.93. The first kappa shape index (κ1) is 11.0. The number of aryl methyl sites for hydroxylation is 1. The summed E-state index contributed by atoms with van der Waals surface area (Å²) in [7, 11) is 0. The van der Waals surface area contributed by atoms with Gasteiger partial charge in [-0.1, -0.05) is 20.8 Å². The molecule has 0 unspecified atom stereocenters. The quantitative estimate of drug-likeness (QED) is 0.693. The Labute approximate surface area is 85.1 Å². The number of aromatic nitrogens is 2. The largest absolute Gasteiger partial charge is 0.294 e. The van der Waals surface area contributed by atoms with Crippen molar-refractivity contribution >= 4 is 5.78 Å². The Kier molecular flexibility index (Phi) is 3.09. The zero-order valence-corrected chi connectivity index (χ0v) is 9.37. The van der Waals surface area contributed by atoms with Gasteiger partial charge in [0, 0.05) is 12.7 Å². The van der Waals surface area contributed by atoms with Crippen LogP contribution in [0, 0.1) is 5.41 Å². The van der Waals surface area contributed by atoms with E-state index < -0.39 is 0 Å². The predicted molar refractivity (Wildman–Crippen MR) is 56.3 cm³/mol. The molecule has 0 saturated heterocycles. The van der Waals surface area contributed by atoms with Crippen molar-refractivity contribution < 1.29 is 4.79 Å². The zero-order valence-electron chi connectivity index (χ0n) is 9.37. The van der Waals surface area contributed by atoms with Gasteiger partial charge < -0.3 is 0 Å². The van der Waals surface area contributed by atoms with Gasteiger partial charge in [-0.25, -0.2) is 0 Å². The maximum atomic E-state index is 11.0. The average Bonchev–Trinajstić information content (AvgIpc) is 2.47. The Morgan fingerprint density at radius 3 is 2.57 bits per heavy atom. The van der Waals surface area contributed by atoms with Gasteiger partial charge in [-0.3, -0.25) is 9.48 Å². The highest BCUT2D eigenvalue weighted by Crippen LogP contribution is 2.19. The van der Waals surface area contributed by atoms with E-state index in [0.717, 1.165) is 13.0 Å². The average molecular weight is 194 g/mol. The van der Waals surface area contributed by atoms with Crippen LogP contribution in [0.3, 0.4) is 0 Å². The third-order valence-electron chi connectivity index (χ3n) is 2.13. The van der Waals surface area contributed by atoms with Crippen LogP contribution >= 0.6 is 0 Å². The van der Waals surface area contributed by atoms with E-state index in [1.165, 1.54) is 0 Å². The van der Waals surface area contributed by atoms with Crippen molar-refractivity contribution in [3.63, 3.8) is 0 Å². The van der Waals surface area contributed by atoms with E-state index in [1.54, 1.807) is 13.1 Å². The molecule has 0 amide bonds. The first-order valence-corrected chi connectivity index (χ1v) is 4.92. The third-order valence-corrected chi connectivity index (χ3v) is 2.13. The molecule has 0 radical (unpaired) electrons. The lowest BCUT2D eigenvalue weighted by Gasteiger charge is -2.17. The van der Waals surface area contributed by atoms with Gasteiger partial charge in [0.15, 0.2) is 5.78 Å². The van der Waals surface area contributed by atoms with Crippen molar-refractivity contribution in [3.8, 4) is 0 Å². The molecule has 1 rings (SSSR count). The Morgan fingerprint density at radius 1 is 1.50 bits per heavy atom. The molecule has 0 saturated carbocycles. The normalized spacial score (nSPS) is 11.7. The molecule has 0 aliphatic heterocycles. The van der Waals surface area contributed by atoms with Crippen LogP contribution in [-0.4, -0.2) is 15.6 Å². The third kappa shape index (κ3) is 3.32. The Hall–Kier alpha value is -1.12. The van der Waals surface area contributed by atoms with E-state index in [0.29, 0.717) is 11.0 Å². The fraction of sp³-hybridized carbons (Fsp3) is 0.636. The summed E-state index contributed by atoms with van der Waals surface area (Å²) in [6.45, 7) is 9.02. The molecule has 0 aliphatic rings. The molecule has 1 heterocycles. The lowest BCUT2D eigenvalue weighted by atomic mass is 9.92. The van der Waals surface area contributed by atoms with Crippen LogP contribution in [0.4, 0.5) is 0 Å². The van der Waals surface area contributed by atoms with E-state index in [1.807, 2.05) is 10.9 Å². The number of rotatable bonds is 3. The van der Waals surface area contributed by atoms with Crippen LogP contribution < -0.4 is 0 Å². The molecule has 1 aromatic rings. The van der Waals surface area contributed by atoms with E-state index in [2.05, 4.69) is 25.9 Å². The molecule has 0 fully saturated rings. The van der Waals surface area contributed by atoms with Gasteiger partial charge in [0.05, 0.1) is 11.8 Å². The molecule has 0 aliphatic carbocycles. The second-order valence-corrected chi connectivity index (χ2v) is 4.86. The Bertz CT molecular complexity index is 320. The summed E-state index contributed by atoms with van der Waals surface area (Å²) in [6, 6.07) is 0. The molecule has 3 nitrogen and oxygen atoms in total. The molecule has 0 N–H and O–H groups in total. The molecule has 0 atom stereocenters. The van der Waals surface area contributed by atoms with Crippen LogP contribution in [0.15, 0.2) is 12.4 Å². The minimum absolute atomic E-state index is 0.0759. The number of nitrogens with zero attached hydrogens (tertiary/aromatic N) is 2. The van der Waals surface area contributed by atoms with Crippen LogP contribution in [-0.2, 0) is 6.54 Å². The predicted octanol–water partition coefficient (Wildman–Crippen LogP) is 2.52. The maximum absolute atomic E-state index is 11.0. The van der Waals surface area contributed by atoms with E-state index in [4.69, 9.17) is 0 Å². The number of carbonyl (C=O) groups is 1. The minimum Gasteiger partial charge on any atom is -0.294 e. The summed E-state index contributed by atoms with van der Waals surface area (Å²) in [4.78, 5) is 11.0. The molecule has 1 aromatic heterocycles. The van der Waals surface area contributed by atoms with Crippen molar-refractivity contribution in [2.24, 2.45) is 5.41 Å². The van der Waals surface area contributed by atoms with Crippen molar-refractivity contribution in [2.45, 2.75) is 40.7 Å². The summed E-state index contributed by atoms with van der Waals surface area (Å²) >= 11 is 0. The van der Waals surface area contributed by atoms with Gasteiger partial charge in [0.2, 0.25) is 0 Å². The van der Waals surface area contributed by atoms with Gasteiger partial charge in [-0.2, -0.15) is 5.10 Å². The molecule has 78 valence electrons. The SMILES string of the molecule is CC(=O)c1cnn(CCC(C)(C)C)c1. The zero-order chi connectivity index (χ0) is 10.8. The summed E-state index contributed by atoms with van der Waals surface area (Å²) in [5, 5.41) is 4.14. The van der Waals surface area contributed by atoms with Crippen LogP contribution in [0.25, 0.3) is 0 Å². The molecule has 14 heavy (non-hydrogen) atoms. The van der Waals surface area contributed by atoms with Gasteiger partial charge in [0.25, 0.3) is 0 Å². The summed E-state index contributed by atoms with van der Waals surface area (Å²) in [5.74, 6) is 0.0759. The standard InChI is InChI=1S/C11H18N2O/c1-9(14)10-7-12-13(8-10)6-5-11(2,3)4/h7-8H,5-6H2,1-4H3. The monoisotopic (exact) mass is 194 g/mol. The topological polar surface area (TPSA) is 34.9 Å². The number of hydrogen-bond acceptors (Lipinski definition) is 2. The fourth-order valence-corrected chi connectivity index (χ4v) is 1.12. The van der Waals surface area contributed by atoms with Gasteiger partial charge in [0.1, 0.15) is 0 Å². The fourth-order valence-electron chi connectivity index (χ4n) is 1.12. The van der Waals surface area contributed by atoms with Crippen molar-refractivity contribution in [3.05, 3.63) is 18.0 Å². The van der Waals surface area contributed by atoms with Crippen LogP contribution in [0.5, 0.6) is 0 Å². The van der Waals surface area contributed by atoms with E-state index >= 15 is 0 Å². The first-order chi connectivity index (χ1) is 6.38. The molecule has 0 spiro atoms. The van der Waals surface area contributed by atoms with Gasteiger partial charge in [-0.15, -0.1) is 0 Å². The molecule has 0 bridgehead atoms. The molecular weight excluding hydrogens is 176 g/mol. The molecule has 0 aromatic carbocycles. The summed E-state index contributed by atoms with van der Waals surface area (Å²) in [6.07, 6.45) is 4.51. The van der Waals surface area contributed by atoms with E-state index in [-0.39, 0.29) is 5.78 Å². The molecule has 3 heteroatoms. The van der Waals surface area contributed by atoms with Gasteiger partial charge in [-0.05, 0) is 18.8 Å². The number of ketones is 1. The Balaban J connectivity index is 2.56. The number of carbonyl (C=O) groups excluding carboxylic acids is 1. The van der Waals surface area contributed by atoms with E-state index in [9.17, 15) is 4.79 Å². The van der Waals surface area contributed by atoms with Crippen molar-refractivity contribution in [1.29, 1.82) is 0 Å². The lowest BCUT2D eigenvalue weighted by Crippen LogP contribution is -2.10. The number of Topliss-reactive ketones (excluding diaryl/α,β-unsaturated/α-hetero) is 1. The summed E-state index contributed by atoms with van der Waals surface area (Å²) in [5.41, 5.74) is 1.00. The maximum Gasteiger partial charge on any atom is 0.162 e. The lowest BCUT2D eigenvalue weighted by molar-refractivity contribution is 0.101. The minimum atomic E-state index is 0.0759.